The van der Waals surface area contributed by atoms with Crippen molar-refractivity contribution in [1.82, 2.24) is 0 Å². The lowest BCUT2D eigenvalue weighted by atomic mass is 10.1. The van der Waals surface area contributed by atoms with E-state index in [0.29, 0.717) is 18.6 Å². The highest BCUT2D eigenvalue weighted by molar-refractivity contribution is 5.74. The van der Waals surface area contributed by atoms with Crippen LogP contribution in [0.25, 0.3) is 11.3 Å². The molecule has 0 fully saturated rings. The van der Waals surface area contributed by atoms with Gasteiger partial charge in [0.1, 0.15) is 17.3 Å². The Bertz CT molecular complexity index is 531. The summed E-state index contributed by atoms with van der Waals surface area (Å²) in [5, 5.41) is 0. The van der Waals surface area contributed by atoms with Gasteiger partial charge in [0.05, 0.1) is 12.2 Å². The van der Waals surface area contributed by atoms with Gasteiger partial charge in [0, 0.05) is 0 Å². The summed E-state index contributed by atoms with van der Waals surface area (Å²) in [6, 6.07) is 7.58. The summed E-state index contributed by atoms with van der Waals surface area (Å²) < 4.78 is 24.3. The van der Waals surface area contributed by atoms with E-state index in [1.54, 1.807) is 18.2 Å². The number of hydrogen-bond donors (Lipinski definition) is 0. The van der Waals surface area contributed by atoms with Crippen LogP contribution in [0.1, 0.15) is 17.5 Å². The van der Waals surface area contributed by atoms with Crippen molar-refractivity contribution in [3.05, 3.63) is 41.9 Å². The van der Waals surface area contributed by atoms with Gasteiger partial charge in [-0.1, -0.05) is 6.07 Å². The predicted octanol–water partition coefficient (Wildman–Crippen LogP) is 3.30. The Kier molecular flexibility index (Phi) is 3.23. The minimum atomic E-state index is -0.442. The Morgan fingerprint density at radius 1 is 1.35 bits per heavy atom. The molecule has 1 heterocycles. The van der Waals surface area contributed by atoms with Gasteiger partial charge in [-0.15, -0.1) is 0 Å². The van der Waals surface area contributed by atoms with Gasteiger partial charge in [-0.25, -0.2) is 4.39 Å². The van der Waals surface area contributed by atoms with Crippen molar-refractivity contribution in [2.75, 3.05) is 6.61 Å². The van der Waals surface area contributed by atoms with Crippen LogP contribution in [0.4, 0.5) is 4.39 Å². The third-order valence-electron chi connectivity index (χ3n) is 2.26. The fraction of sp³-hybridized carbons (Fsp3) is 0.154. The van der Waals surface area contributed by atoms with Gasteiger partial charge in [0.2, 0.25) is 0 Å². The number of ether oxygens (including phenoxy) is 1. The second-order valence-corrected chi connectivity index (χ2v) is 3.37. The van der Waals surface area contributed by atoms with Crippen LogP contribution in [-0.4, -0.2) is 12.9 Å². The molecule has 0 atom stereocenters. The number of rotatable bonds is 4. The number of benzene rings is 1. The first-order valence-electron chi connectivity index (χ1n) is 5.23. The molecule has 0 aliphatic heterocycles. The summed E-state index contributed by atoms with van der Waals surface area (Å²) in [4.78, 5) is 10.5. The number of halogens is 1. The van der Waals surface area contributed by atoms with Crippen molar-refractivity contribution < 1.29 is 18.3 Å². The third-order valence-corrected chi connectivity index (χ3v) is 2.26. The molecule has 3 nitrogen and oxygen atoms in total. The quantitative estimate of drug-likeness (QED) is 0.762. The van der Waals surface area contributed by atoms with Crippen LogP contribution < -0.4 is 4.74 Å². The molecule has 0 saturated heterocycles. The second-order valence-electron chi connectivity index (χ2n) is 3.37. The van der Waals surface area contributed by atoms with Crippen molar-refractivity contribution in [2.24, 2.45) is 0 Å². The summed E-state index contributed by atoms with van der Waals surface area (Å²) in [6.45, 7) is 2.24. The van der Waals surface area contributed by atoms with E-state index in [-0.39, 0.29) is 17.1 Å². The van der Waals surface area contributed by atoms with Gasteiger partial charge in [-0.3, -0.25) is 4.79 Å². The van der Waals surface area contributed by atoms with E-state index in [4.69, 9.17) is 9.15 Å². The zero-order chi connectivity index (χ0) is 12.3. The van der Waals surface area contributed by atoms with Crippen molar-refractivity contribution >= 4 is 6.29 Å². The summed E-state index contributed by atoms with van der Waals surface area (Å²) in [5.41, 5.74) is 0.238. The lowest BCUT2D eigenvalue weighted by Gasteiger charge is -2.08. The van der Waals surface area contributed by atoms with E-state index in [2.05, 4.69) is 0 Å². The Balaban J connectivity index is 2.52. The molecule has 17 heavy (non-hydrogen) atoms. The maximum Gasteiger partial charge on any atom is 0.185 e. The topological polar surface area (TPSA) is 39.4 Å². The molecule has 0 unspecified atom stereocenters. The van der Waals surface area contributed by atoms with Crippen molar-refractivity contribution in [1.29, 1.82) is 0 Å². The van der Waals surface area contributed by atoms with E-state index < -0.39 is 5.82 Å². The maximum atomic E-state index is 13.7. The molecule has 0 saturated carbocycles. The van der Waals surface area contributed by atoms with Crippen molar-refractivity contribution in [3.8, 4) is 17.1 Å². The lowest BCUT2D eigenvalue weighted by Crippen LogP contribution is -1.95. The average molecular weight is 234 g/mol. The van der Waals surface area contributed by atoms with Crippen LogP contribution in [0.5, 0.6) is 5.75 Å². The molecule has 0 N–H and O–H groups in total. The molecule has 0 amide bonds. The number of carbonyl (C=O) groups excluding carboxylic acids is 1. The number of aldehydes is 1. The highest BCUT2D eigenvalue weighted by Gasteiger charge is 2.15. The summed E-state index contributed by atoms with van der Waals surface area (Å²) in [6.07, 6.45) is 0.574. The molecule has 0 aliphatic carbocycles. The fourth-order valence-corrected chi connectivity index (χ4v) is 1.57. The molecule has 0 bridgehead atoms. The number of furan rings is 1. The zero-order valence-electron chi connectivity index (χ0n) is 9.27. The van der Waals surface area contributed by atoms with Crippen LogP contribution in [-0.2, 0) is 0 Å². The molecular weight excluding hydrogens is 223 g/mol. The van der Waals surface area contributed by atoms with Gasteiger partial charge in [-0.05, 0) is 31.2 Å². The Labute approximate surface area is 97.8 Å². The van der Waals surface area contributed by atoms with Crippen LogP contribution in [0.3, 0.4) is 0 Å². The molecule has 88 valence electrons. The zero-order valence-corrected chi connectivity index (χ0v) is 9.27. The normalized spacial score (nSPS) is 10.2. The predicted molar refractivity (Wildman–Crippen MR) is 60.7 cm³/mol. The standard InChI is InChI=1S/C13H11FO3/c1-2-16-11-5-3-4-10(14)13(11)12-7-6-9(8-15)17-12/h3-8H,2H2,1H3. The van der Waals surface area contributed by atoms with Crippen LogP contribution in [0, 0.1) is 5.82 Å². The minimum absolute atomic E-state index is 0.158. The second kappa shape index (κ2) is 4.82. The van der Waals surface area contributed by atoms with E-state index in [9.17, 15) is 9.18 Å². The van der Waals surface area contributed by atoms with Gasteiger partial charge in [-0.2, -0.15) is 0 Å². The molecule has 1 aromatic carbocycles. The smallest absolute Gasteiger partial charge is 0.185 e. The highest BCUT2D eigenvalue weighted by atomic mass is 19.1. The van der Waals surface area contributed by atoms with E-state index in [1.165, 1.54) is 12.1 Å². The van der Waals surface area contributed by atoms with Crippen molar-refractivity contribution in [2.45, 2.75) is 6.92 Å². The van der Waals surface area contributed by atoms with Gasteiger partial charge in [0.15, 0.2) is 12.0 Å². The molecule has 1 aromatic heterocycles. The summed E-state index contributed by atoms with van der Waals surface area (Å²) in [7, 11) is 0. The first-order chi connectivity index (χ1) is 8.26. The minimum Gasteiger partial charge on any atom is -0.493 e. The van der Waals surface area contributed by atoms with Crippen LogP contribution in [0.15, 0.2) is 34.7 Å². The Hall–Kier alpha value is -2.10. The van der Waals surface area contributed by atoms with Gasteiger partial charge in [0.25, 0.3) is 0 Å². The summed E-state index contributed by atoms with van der Waals surface area (Å²) >= 11 is 0. The van der Waals surface area contributed by atoms with Gasteiger partial charge >= 0.3 is 0 Å². The molecule has 0 radical (unpaired) electrons. The fourth-order valence-electron chi connectivity index (χ4n) is 1.57. The Morgan fingerprint density at radius 3 is 2.82 bits per heavy atom. The number of hydrogen-bond acceptors (Lipinski definition) is 3. The molecule has 0 spiro atoms. The molecule has 2 rings (SSSR count). The molecular formula is C13H11FO3. The maximum absolute atomic E-state index is 13.7. The van der Waals surface area contributed by atoms with E-state index in [0.717, 1.165) is 0 Å². The Morgan fingerprint density at radius 2 is 2.18 bits per heavy atom. The first-order valence-corrected chi connectivity index (χ1v) is 5.23. The van der Waals surface area contributed by atoms with Crippen LogP contribution in [0.2, 0.25) is 0 Å². The molecule has 2 aromatic rings. The third kappa shape index (κ3) is 2.20. The van der Waals surface area contributed by atoms with Crippen LogP contribution >= 0.6 is 0 Å². The first kappa shape index (κ1) is 11.4. The van der Waals surface area contributed by atoms with Crippen molar-refractivity contribution in [3.63, 3.8) is 0 Å². The van der Waals surface area contributed by atoms with E-state index >= 15 is 0 Å². The number of carbonyl (C=O) groups is 1. The van der Waals surface area contributed by atoms with Gasteiger partial charge < -0.3 is 9.15 Å². The SMILES string of the molecule is CCOc1cccc(F)c1-c1ccc(C=O)o1. The average Bonchev–Trinajstić information content (AvgIpc) is 2.78. The highest BCUT2D eigenvalue weighted by Crippen LogP contribution is 2.33. The molecule has 0 aliphatic rings. The monoisotopic (exact) mass is 234 g/mol. The van der Waals surface area contributed by atoms with E-state index in [1.807, 2.05) is 6.92 Å². The molecule has 4 heteroatoms. The largest absolute Gasteiger partial charge is 0.493 e. The lowest BCUT2D eigenvalue weighted by molar-refractivity contribution is 0.110. The summed E-state index contributed by atoms with van der Waals surface area (Å²) in [5.74, 6) is 0.404.